The zero-order chi connectivity index (χ0) is 13.1. The van der Waals surface area contributed by atoms with Gasteiger partial charge in [-0.2, -0.15) is 5.10 Å². The molecule has 2 heterocycles. The normalized spacial score (nSPS) is 12.7. The van der Waals surface area contributed by atoms with Crippen LogP contribution in [-0.2, 0) is 11.3 Å². The number of aromatic nitrogens is 4. The van der Waals surface area contributed by atoms with Crippen LogP contribution in [0, 0.1) is 0 Å². The van der Waals surface area contributed by atoms with Gasteiger partial charge in [0.2, 0.25) is 0 Å². The van der Waals surface area contributed by atoms with Crippen molar-refractivity contribution in [1.82, 2.24) is 19.7 Å². The van der Waals surface area contributed by atoms with Gasteiger partial charge in [0.15, 0.2) is 5.82 Å². The molecule has 2 aromatic heterocycles. The topological polar surface area (TPSA) is 52.8 Å². The molecule has 0 bridgehead atoms. The van der Waals surface area contributed by atoms with E-state index in [-0.39, 0.29) is 6.10 Å². The summed E-state index contributed by atoms with van der Waals surface area (Å²) in [6.45, 7) is 4.68. The highest BCUT2D eigenvalue weighted by Gasteiger charge is 2.13. The van der Waals surface area contributed by atoms with Gasteiger partial charge in [0.25, 0.3) is 0 Å². The number of ether oxygens (including phenoxy) is 1. The number of hydrogen-bond donors (Lipinski definition) is 0. The fraction of sp³-hybridized carbons (Fsp3) is 0.417. The molecule has 0 radical (unpaired) electrons. The molecule has 0 fully saturated rings. The first kappa shape index (κ1) is 13.0. The van der Waals surface area contributed by atoms with Crippen LogP contribution in [0.5, 0.6) is 0 Å². The van der Waals surface area contributed by atoms with Crippen molar-refractivity contribution in [3.8, 4) is 11.4 Å². The van der Waals surface area contributed by atoms with Crippen molar-refractivity contribution in [2.24, 2.45) is 0 Å². The summed E-state index contributed by atoms with van der Waals surface area (Å²) in [5.41, 5.74) is 1.68. The summed E-state index contributed by atoms with van der Waals surface area (Å²) < 4.78 is 7.08. The summed E-state index contributed by atoms with van der Waals surface area (Å²) in [7, 11) is 1.62. The Labute approximate surface area is 111 Å². The minimum atomic E-state index is -0.194. The van der Waals surface area contributed by atoms with Gasteiger partial charge in [-0.3, -0.25) is 4.68 Å². The quantitative estimate of drug-likeness (QED) is 0.799. The molecule has 0 amide bonds. The Kier molecular flexibility index (Phi) is 3.93. The van der Waals surface area contributed by atoms with Crippen molar-refractivity contribution < 1.29 is 4.74 Å². The smallest absolute Gasteiger partial charge is 0.159 e. The Bertz CT molecular complexity index is 541. The maximum absolute atomic E-state index is 6.03. The zero-order valence-electron chi connectivity index (χ0n) is 10.6. The van der Waals surface area contributed by atoms with Crippen LogP contribution in [0.2, 0.25) is 5.15 Å². The maximum atomic E-state index is 6.03. The fourth-order valence-electron chi connectivity index (χ4n) is 1.66. The average molecular weight is 267 g/mol. The largest absolute Gasteiger partial charge is 0.374 e. The van der Waals surface area contributed by atoms with Gasteiger partial charge in [0.05, 0.1) is 11.4 Å². The van der Waals surface area contributed by atoms with Crippen LogP contribution in [0.1, 0.15) is 25.8 Å². The molecule has 0 saturated carbocycles. The van der Waals surface area contributed by atoms with Gasteiger partial charge in [0.1, 0.15) is 11.3 Å². The van der Waals surface area contributed by atoms with E-state index >= 15 is 0 Å². The molecule has 2 aromatic rings. The Hall–Kier alpha value is -1.46. The van der Waals surface area contributed by atoms with Crippen LogP contribution in [-0.4, -0.2) is 26.9 Å². The summed E-state index contributed by atoms with van der Waals surface area (Å²) in [4.78, 5) is 8.64. The highest BCUT2D eigenvalue weighted by Crippen LogP contribution is 2.22. The van der Waals surface area contributed by atoms with Gasteiger partial charge in [-0.25, -0.2) is 9.97 Å². The second kappa shape index (κ2) is 5.46. The lowest BCUT2D eigenvalue weighted by Crippen LogP contribution is -2.06. The van der Waals surface area contributed by atoms with E-state index in [4.69, 9.17) is 16.3 Å². The molecule has 1 unspecified atom stereocenters. The molecule has 96 valence electrons. The molecular weight excluding hydrogens is 252 g/mol. The second-order valence-corrected chi connectivity index (χ2v) is 4.23. The third-order valence-corrected chi connectivity index (χ3v) is 2.90. The van der Waals surface area contributed by atoms with Crippen LogP contribution in [0.3, 0.4) is 0 Å². The molecule has 0 N–H and O–H groups in total. The summed E-state index contributed by atoms with van der Waals surface area (Å²) in [6.07, 6.45) is 1.55. The van der Waals surface area contributed by atoms with Gasteiger partial charge >= 0.3 is 0 Å². The molecular formula is C12H15ClN4O. The molecule has 0 aliphatic carbocycles. The highest BCUT2D eigenvalue weighted by molar-refractivity contribution is 6.29. The molecule has 6 heteroatoms. The summed E-state index contributed by atoms with van der Waals surface area (Å²) in [6, 6.07) is 3.64. The van der Waals surface area contributed by atoms with Crippen molar-refractivity contribution in [3.63, 3.8) is 0 Å². The van der Waals surface area contributed by atoms with E-state index in [0.29, 0.717) is 11.0 Å². The first-order chi connectivity index (χ1) is 8.65. The van der Waals surface area contributed by atoms with Crippen LogP contribution >= 0.6 is 11.6 Å². The lowest BCUT2D eigenvalue weighted by molar-refractivity contribution is 0.112. The molecule has 0 saturated heterocycles. The van der Waals surface area contributed by atoms with Crippen molar-refractivity contribution in [2.45, 2.75) is 26.5 Å². The third-order valence-electron chi connectivity index (χ3n) is 2.71. The minimum Gasteiger partial charge on any atom is -0.374 e. The monoisotopic (exact) mass is 266 g/mol. The molecule has 0 aliphatic rings. The summed E-state index contributed by atoms with van der Waals surface area (Å²) in [5, 5.41) is 4.62. The Balaban J connectivity index is 2.48. The van der Waals surface area contributed by atoms with Crippen LogP contribution in [0.15, 0.2) is 18.3 Å². The van der Waals surface area contributed by atoms with Gasteiger partial charge in [-0.15, -0.1) is 0 Å². The Morgan fingerprint density at radius 3 is 2.89 bits per heavy atom. The van der Waals surface area contributed by atoms with Crippen molar-refractivity contribution in [2.75, 3.05) is 7.11 Å². The predicted octanol–water partition coefficient (Wildman–Crippen LogP) is 2.72. The van der Waals surface area contributed by atoms with E-state index in [1.165, 1.54) is 0 Å². The fourth-order valence-corrected chi connectivity index (χ4v) is 1.85. The van der Waals surface area contributed by atoms with E-state index in [9.17, 15) is 0 Å². The number of nitrogens with zero attached hydrogens (tertiary/aromatic N) is 4. The van der Waals surface area contributed by atoms with E-state index in [1.54, 1.807) is 19.4 Å². The Morgan fingerprint density at radius 2 is 2.22 bits per heavy atom. The molecule has 0 aliphatic heterocycles. The number of halogens is 1. The third kappa shape index (κ3) is 2.52. The summed E-state index contributed by atoms with van der Waals surface area (Å²) >= 11 is 6.03. The van der Waals surface area contributed by atoms with Gasteiger partial charge in [0, 0.05) is 25.9 Å². The first-order valence-corrected chi connectivity index (χ1v) is 6.13. The van der Waals surface area contributed by atoms with Crippen LogP contribution in [0.25, 0.3) is 11.4 Å². The lowest BCUT2D eigenvalue weighted by atomic mass is 10.2. The lowest BCUT2D eigenvalue weighted by Gasteiger charge is -2.10. The maximum Gasteiger partial charge on any atom is 0.159 e. The van der Waals surface area contributed by atoms with E-state index in [0.717, 1.165) is 17.9 Å². The van der Waals surface area contributed by atoms with Crippen molar-refractivity contribution in [1.29, 1.82) is 0 Å². The predicted molar refractivity (Wildman–Crippen MR) is 69.4 cm³/mol. The standard InChI is InChI=1S/C12H15ClN4O/c1-4-17-10(5-6-14-17)9-7-11(13)16-12(15-9)8(2)18-3/h5-8H,4H2,1-3H3. The van der Waals surface area contributed by atoms with Gasteiger partial charge in [-0.1, -0.05) is 11.6 Å². The van der Waals surface area contributed by atoms with Gasteiger partial charge in [-0.05, 0) is 19.9 Å². The van der Waals surface area contributed by atoms with Crippen LogP contribution in [0.4, 0.5) is 0 Å². The zero-order valence-corrected chi connectivity index (χ0v) is 11.3. The SMILES string of the molecule is CCn1nccc1-c1cc(Cl)nc(C(C)OC)n1. The number of methoxy groups -OCH3 is 1. The molecule has 1 atom stereocenters. The summed E-state index contributed by atoms with van der Waals surface area (Å²) in [5.74, 6) is 0.573. The average Bonchev–Trinajstić information content (AvgIpc) is 2.85. The van der Waals surface area contributed by atoms with E-state index in [1.807, 2.05) is 24.6 Å². The van der Waals surface area contributed by atoms with E-state index in [2.05, 4.69) is 15.1 Å². The molecule has 0 aromatic carbocycles. The highest BCUT2D eigenvalue weighted by atomic mass is 35.5. The minimum absolute atomic E-state index is 0.194. The van der Waals surface area contributed by atoms with E-state index < -0.39 is 0 Å². The Morgan fingerprint density at radius 1 is 1.44 bits per heavy atom. The molecule has 5 nitrogen and oxygen atoms in total. The second-order valence-electron chi connectivity index (χ2n) is 3.84. The van der Waals surface area contributed by atoms with Gasteiger partial charge < -0.3 is 4.74 Å². The van der Waals surface area contributed by atoms with Crippen molar-refractivity contribution in [3.05, 3.63) is 29.3 Å². The molecule has 18 heavy (non-hydrogen) atoms. The number of rotatable bonds is 4. The molecule has 2 rings (SSSR count). The molecule has 0 spiro atoms. The number of hydrogen-bond acceptors (Lipinski definition) is 4. The van der Waals surface area contributed by atoms with Crippen molar-refractivity contribution >= 4 is 11.6 Å². The van der Waals surface area contributed by atoms with Crippen LogP contribution < -0.4 is 0 Å². The first-order valence-electron chi connectivity index (χ1n) is 5.75. The number of aryl methyl sites for hydroxylation is 1.